The van der Waals surface area contributed by atoms with Crippen molar-refractivity contribution in [2.75, 3.05) is 13.2 Å². The van der Waals surface area contributed by atoms with Gasteiger partial charge in [-0.15, -0.1) is 0 Å². The second-order valence-electron chi connectivity index (χ2n) is 23.4. The molecule has 0 aliphatic rings. The van der Waals surface area contributed by atoms with Gasteiger partial charge < -0.3 is 14.2 Å². The molecule has 6 heteroatoms. The maximum atomic E-state index is 13.0. The van der Waals surface area contributed by atoms with Crippen LogP contribution in [0, 0.1) is 0 Å². The summed E-state index contributed by atoms with van der Waals surface area (Å²) in [6.45, 7) is 6.50. The van der Waals surface area contributed by atoms with Gasteiger partial charge in [-0.3, -0.25) is 14.4 Å². The van der Waals surface area contributed by atoms with Crippen LogP contribution in [0.1, 0.15) is 342 Å². The fourth-order valence-electron chi connectivity index (χ4n) is 9.99. The Morgan fingerprint density at radius 2 is 0.482 bits per heavy atom. The highest BCUT2D eigenvalue weighted by molar-refractivity contribution is 5.71. The summed E-state index contributed by atoms with van der Waals surface area (Å²) in [6, 6.07) is 0. The van der Waals surface area contributed by atoms with E-state index in [1.807, 2.05) is 0 Å². The van der Waals surface area contributed by atoms with Gasteiger partial charge >= 0.3 is 17.9 Å². The number of unbranched alkanes of at least 4 members (excludes halogenated alkanes) is 35. The largest absolute Gasteiger partial charge is 0.462 e. The predicted octanol–water partition coefficient (Wildman–Crippen LogP) is 24.6. The molecule has 0 aromatic heterocycles. The smallest absolute Gasteiger partial charge is 0.306 e. The second kappa shape index (κ2) is 70.6. The zero-order chi connectivity index (χ0) is 59.9. The van der Waals surface area contributed by atoms with E-state index in [0.717, 1.165) is 96.3 Å². The van der Waals surface area contributed by atoms with Gasteiger partial charge in [0.1, 0.15) is 13.2 Å². The molecule has 0 spiro atoms. The first-order valence-corrected chi connectivity index (χ1v) is 35.4. The first-order valence-electron chi connectivity index (χ1n) is 35.4. The summed E-state index contributed by atoms with van der Waals surface area (Å²) < 4.78 is 17.0. The standard InChI is InChI=1S/C77H132O6/c1-4-7-10-13-16-19-22-25-28-31-34-36-38-40-43-46-49-52-55-58-61-64-67-70-76(79)82-73-74(72-81-75(78)69-66-63-60-57-54-51-48-45-42-33-30-27-24-21-18-15-12-9-6-3)83-77(80)71-68-65-62-59-56-53-50-47-44-41-39-37-35-32-29-26-23-20-17-14-11-8-5-2/h7,10,16,18-19,21,25,27-28,30,34,36,40,43,49,52,58,61,74H,4-6,8-9,11-15,17,20,22-24,26,29,31-33,35,37-39,41-42,44-48,50-51,53-57,59-60,62-73H2,1-3H3/b10-7-,19-16-,21-18-,28-25-,30-27-,36-34-,43-40-,52-49-,61-58-. The van der Waals surface area contributed by atoms with E-state index in [2.05, 4.69) is 130 Å². The summed E-state index contributed by atoms with van der Waals surface area (Å²) in [5, 5.41) is 0. The van der Waals surface area contributed by atoms with E-state index >= 15 is 0 Å². The number of hydrogen-bond donors (Lipinski definition) is 0. The molecule has 0 fully saturated rings. The van der Waals surface area contributed by atoms with Crippen molar-refractivity contribution in [3.05, 3.63) is 109 Å². The molecule has 0 bridgehead atoms. The van der Waals surface area contributed by atoms with E-state index in [4.69, 9.17) is 14.2 Å². The quantitative estimate of drug-likeness (QED) is 0.0261. The van der Waals surface area contributed by atoms with Crippen LogP contribution in [0.2, 0.25) is 0 Å². The Morgan fingerprint density at radius 1 is 0.253 bits per heavy atom. The Hall–Kier alpha value is -3.93. The highest BCUT2D eigenvalue weighted by Gasteiger charge is 2.19. The van der Waals surface area contributed by atoms with Crippen LogP contribution in [0.5, 0.6) is 0 Å². The molecule has 83 heavy (non-hydrogen) atoms. The molecule has 0 aliphatic heterocycles. The third kappa shape index (κ3) is 68.7. The second-order valence-corrected chi connectivity index (χ2v) is 23.4. The van der Waals surface area contributed by atoms with Crippen molar-refractivity contribution in [2.24, 2.45) is 0 Å². The fourth-order valence-corrected chi connectivity index (χ4v) is 9.99. The Balaban J connectivity index is 4.45. The summed E-state index contributed by atoms with van der Waals surface area (Å²) in [6.07, 6.45) is 96.9. The number of rotatable bonds is 64. The average Bonchev–Trinajstić information content (AvgIpc) is 3.49. The minimum absolute atomic E-state index is 0.0967. The van der Waals surface area contributed by atoms with Crippen molar-refractivity contribution in [1.82, 2.24) is 0 Å². The molecule has 0 amide bonds. The monoisotopic (exact) mass is 1150 g/mol. The number of allylic oxidation sites excluding steroid dienone is 18. The molecule has 0 saturated heterocycles. The van der Waals surface area contributed by atoms with E-state index in [9.17, 15) is 14.4 Å². The fraction of sp³-hybridized carbons (Fsp3) is 0.727. The molecule has 6 nitrogen and oxygen atoms in total. The number of carbonyl (C=O) groups excluding carboxylic acids is 3. The van der Waals surface area contributed by atoms with Crippen molar-refractivity contribution in [3.8, 4) is 0 Å². The van der Waals surface area contributed by atoms with E-state index in [1.54, 1.807) is 0 Å². The number of esters is 3. The van der Waals surface area contributed by atoms with Gasteiger partial charge in [0, 0.05) is 19.3 Å². The molecule has 0 aromatic rings. The summed E-state index contributed by atoms with van der Waals surface area (Å²) in [5.41, 5.74) is 0. The van der Waals surface area contributed by atoms with Gasteiger partial charge in [-0.25, -0.2) is 0 Å². The lowest BCUT2D eigenvalue weighted by Crippen LogP contribution is -2.30. The van der Waals surface area contributed by atoms with Gasteiger partial charge in [0.25, 0.3) is 0 Å². The molecule has 476 valence electrons. The molecular formula is C77H132O6. The number of ether oxygens (including phenoxy) is 3. The zero-order valence-corrected chi connectivity index (χ0v) is 54.7. The molecular weight excluding hydrogens is 1020 g/mol. The van der Waals surface area contributed by atoms with Crippen LogP contribution in [0.25, 0.3) is 0 Å². The molecule has 0 heterocycles. The van der Waals surface area contributed by atoms with Crippen molar-refractivity contribution in [3.63, 3.8) is 0 Å². The summed E-state index contributed by atoms with van der Waals surface area (Å²) in [5.74, 6) is -0.947. The molecule has 1 atom stereocenters. The van der Waals surface area contributed by atoms with Crippen molar-refractivity contribution < 1.29 is 28.6 Å². The molecule has 0 rings (SSSR count). The van der Waals surface area contributed by atoms with Crippen LogP contribution >= 0.6 is 0 Å². The first kappa shape index (κ1) is 79.1. The van der Waals surface area contributed by atoms with Gasteiger partial charge in [-0.2, -0.15) is 0 Å². The maximum absolute atomic E-state index is 13.0. The van der Waals surface area contributed by atoms with Crippen LogP contribution < -0.4 is 0 Å². The van der Waals surface area contributed by atoms with E-state index < -0.39 is 6.10 Å². The lowest BCUT2D eigenvalue weighted by atomic mass is 10.0. The van der Waals surface area contributed by atoms with Gasteiger partial charge in [0.05, 0.1) is 0 Å². The SMILES string of the molecule is CC/C=C\C/C=C\C/C=C\C/C=C\C/C=C\C/C=C\C/C=C\CCCC(=O)OCC(COC(=O)CCCCCCCCCCC/C=C\C/C=C\CCCCC)OC(=O)CCCCCCCCCCCCCCCCCCCCCCCCC. The van der Waals surface area contributed by atoms with Crippen LogP contribution in [0.4, 0.5) is 0 Å². The van der Waals surface area contributed by atoms with Gasteiger partial charge in [-0.05, 0) is 103 Å². The zero-order valence-electron chi connectivity index (χ0n) is 54.7. The molecule has 0 saturated carbocycles. The molecule has 0 aromatic carbocycles. The minimum atomic E-state index is -0.806. The Labute approximate surface area is 514 Å². The van der Waals surface area contributed by atoms with Gasteiger partial charge in [0.15, 0.2) is 6.10 Å². The summed E-state index contributed by atoms with van der Waals surface area (Å²) in [7, 11) is 0. The highest BCUT2D eigenvalue weighted by Crippen LogP contribution is 2.17. The van der Waals surface area contributed by atoms with Crippen molar-refractivity contribution in [2.45, 2.75) is 348 Å². The molecule has 0 N–H and O–H groups in total. The first-order chi connectivity index (χ1) is 41.0. The van der Waals surface area contributed by atoms with Crippen LogP contribution in [-0.4, -0.2) is 37.2 Å². The molecule has 0 radical (unpaired) electrons. The van der Waals surface area contributed by atoms with E-state index in [-0.39, 0.29) is 37.5 Å². The van der Waals surface area contributed by atoms with E-state index in [1.165, 1.54) is 199 Å². The lowest BCUT2D eigenvalue weighted by molar-refractivity contribution is -0.167. The average molecular weight is 1150 g/mol. The third-order valence-electron chi connectivity index (χ3n) is 15.3. The van der Waals surface area contributed by atoms with Crippen LogP contribution in [0.3, 0.4) is 0 Å². The van der Waals surface area contributed by atoms with Gasteiger partial charge in [-0.1, -0.05) is 329 Å². The molecule has 1 unspecified atom stereocenters. The van der Waals surface area contributed by atoms with E-state index in [0.29, 0.717) is 19.3 Å². The molecule has 0 aliphatic carbocycles. The Morgan fingerprint density at radius 3 is 0.807 bits per heavy atom. The number of carbonyl (C=O) groups is 3. The van der Waals surface area contributed by atoms with Crippen LogP contribution in [-0.2, 0) is 28.6 Å². The maximum Gasteiger partial charge on any atom is 0.306 e. The Kier molecular flexibility index (Phi) is 67.2. The topological polar surface area (TPSA) is 78.9 Å². The number of hydrogen-bond acceptors (Lipinski definition) is 6. The lowest BCUT2D eigenvalue weighted by Gasteiger charge is -2.18. The minimum Gasteiger partial charge on any atom is -0.462 e. The predicted molar refractivity (Wildman–Crippen MR) is 362 cm³/mol. The van der Waals surface area contributed by atoms with Gasteiger partial charge in [0.2, 0.25) is 0 Å². The third-order valence-corrected chi connectivity index (χ3v) is 15.3. The van der Waals surface area contributed by atoms with Crippen molar-refractivity contribution in [1.29, 1.82) is 0 Å². The summed E-state index contributed by atoms with van der Waals surface area (Å²) in [4.78, 5) is 38.5. The Bertz CT molecular complexity index is 1660. The van der Waals surface area contributed by atoms with Crippen LogP contribution in [0.15, 0.2) is 109 Å². The highest BCUT2D eigenvalue weighted by atomic mass is 16.6. The van der Waals surface area contributed by atoms with Crippen molar-refractivity contribution >= 4 is 17.9 Å². The normalized spacial score (nSPS) is 12.8. The summed E-state index contributed by atoms with van der Waals surface area (Å²) >= 11 is 0.